The highest BCUT2D eigenvalue weighted by Gasteiger charge is 2.35. The van der Waals surface area contributed by atoms with Crippen LogP contribution >= 0.6 is 0 Å². The van der Waals surface area contributed by atoms with E-state index in [-0.39, 0.29) is 0 Å². The quantitative estimate of drug-likeness (QED) is 0.748. The minimum absolute atomic E-state index is 0.383. The van der Waals surface area contributed by atoms with Gasteiger partial charge in [-0.3, -0.25) is 0 Å². The lowest BCUT2D eigenvalue weighted by atomic mass is 9.87. The van der Waals surface area contributed by atoms with Gasteiger partial charge in [0.15, 0.2) is 0 Å². The molecule has 2 N–H and O–H groups in total. The molecule has 0 bridgehead atoms. The fourth-order valence-corrected chi connectivity index (χ4v) is 2.79. The summed E-state index contributed by atoms with van der Waals surface area (Å²) in [4.78, 5) is 2.03. The van der Waals surface area contributed by atoms with Crippen molar-refractivity contribution in [1.82, 2.24) is 10.2 Å². The predicted octanol–water partition coefficient (Wildman–Crippen LogP) is 1.47. The Labute approximate surface area is 100 Å². The number of nitrogens with one attached hydrogen (secondary N) is 1. The Bertz CT molecular complexity index is 224. The maximum absolute atomic E-state index is 10.2. The van der Waals surface area contributed by atoms with Crippen molar-refractivity contribution in [3.63, 3.8) is 0 Å². The molecule has 0 radical (unpaired) electrons. The minimum Gasteiger partial charge on any atom is -0.388 e. The molecule has 0 amide bonds. The second kappa shape index (κ2) is 5.03. The van der Waals surface area contributed by atoms with Crippen LogP contribution in [0.2, 0.25) is 0 Å². The van der Waals surface area contributed by atoms with E-state index in [1.807, 2.05) is 25.9 Å². The highest BCUT2D eigenvalue weighted by atomic mass is 16.3. The first-order valence-electron chi connectivity index (χ1n) is 6.33. The summed E-state index contributed by atoms with van der Waals surface area (Å²) in [7, 11) is 3.99. The van der Waals surface area contributed by atoms with E-state index in [4.69, 9.17) is 0 Å². The van der Waals surface area contributed by atoms with Gasteiger partial charge in [0, 0.05) is 19.1 Å². The Morgan fingerprint density at radius 3 is 2.50 bits per heavy atom. The maximum Gasteiger partial charge on any atom is 0.0869 e. The highest BCUT2D eigenvalue weighted by Crippen LogP contribution is 2.37. The molecule has 0 aromatic heterocycles. The van der Waals surface area contributed by atoms with Gasteiger partial charge in [-0.15, -0.1) is 0 Å². The Morgan fingerprint density at radius 1 is 1.44 bits per heavy atom. The molecule has 3 nitrogen and oxygen atoms in total. The van der Waals surface area contributed by atoms with Crippen LogP contribution < -0.4 is 5.32 Å². The van der Waals surface area contributed by atoms with Gasteiger partial charge < -0.3 is 15.3 Å². The van der Waals surface area contributed by atoms with Crippen molar-refractivity contribution in [2.45, 2.75) is 51.7 Å². The lowest BCUT2D eigenvalue weighted by Crippen LogP contribution is -2.50. The SMILES string of the molecule is CN(C)C[C@@](C)(O)CN[C@@H]1CCCC1(C)C. The van der Waals surface area contributed by atoms with Crippen LogP contribution in [-0.2, 0) is 0 Å². The first-order chi connectivity index (χ1) is 7.23. The number of aliphatic hydroxyl groups is 1. The molecular formula is C13H28N2O. The zero-order valence-corrected chi connectivity index (χ0v) is 11.5. The van der Waals surface area contributed by atoms with Gasteiger partial charge in [0.2, 0.25) is 0 Å². The zero-order valence-electron chi connectivity index (χ0n) is 11.5. The standard InChI is InChI=1S/C13H28N2O/c1-12(2)8-6-7-11(12)14-9-13(3,16)10-15(4)5/h11,14,16H,6-10H2,1-5H3/t11-,13+/m1/s1. The van der Waals surface area contributed by atoms with Crippen molar-refractivity contribution >= 4 is 0 Å². The Morgan fingerprint density at radius 2 is 2.06 bits per heavy atom. The van der Waals surface area contributed by atoms with Crippen LogP contribution in [0.15, 0.2) is 0 Å². The average molecular weight is 228 g/mol. The second-order valence-electron chi connectivity index (χ2n) is 6.55. The normalized spacial score (nSPS) is 28.3. The van der Waals surface area contributed by atoms with Crippen LogP contribution in [-0.4, -0.2) is 48.8 Å². The molecule has 1 aliphatic carbocycles. The third-order valence-corrected chi connectivity index (χ3v) is 3.64. The number of hydrogen-bond donors (Lipinski definition) is 2. The molecule has 0 saturated heterocycles. The van der Waals surface area contributed by atoms with Gasteiger partial charge in [-0.25, -0.2) is 0 Å². The van der Waals surface area contributed by atoms with Crippen LogP contribution in [0.4, 0.5) is 0 Å². The van der Waals surface area contributed by atoms with E-state index in [0.717, 1.165) is 0 Å². The van der Waals surface area contributed by atoms with Crippen molar-refractivity contribution in [2.75, 3.05) is 27.2 Å². The fourth-order valence-electron chi connectivity index (χ4n) is 2.79. The molecular weight excluding hydrogens is 200 g/mol. The zero-order chi connectivity index (χ0) is 12.4. The minimum atomic E-state index is -0.637. The van der Waals surface area contributed by atoms with Gasteiger partial charge in [0.25, 0.3) is 0 Å². The first-order valence-corrected chi connectivity index (χ1v) is 6.33. The number of rotatable bonds is 5. The van der Waals surface area contributed by atoms with E-state index in [0.29, 0.717) is 24.5 Å². The molecule has 0 unspecified atom stereocenters. The third kappa shape index (κ3) is 4.04. The summed E-state index contributed by atoms with van der Waals surface area (Å²) < 4.78 is 0. The molecule has 3 heteroatoms. The summed E-state index contributed by atoms with van der Waals surface area (Å²) in [6.45, 7) is 7.92. The van der Waals surface area contributed by atoms with Crippen LogP contribution in [0.1, 0.15) is 40.0 Å². The topological polar surface area (TPSA) is 35.5 Å². The second-order valence-corrected chi connectivity index (χ2v) is 6.55. The van der Waals surface area contributed by atoms with Crippen LogP contribution in [0.3, 0.4) is 0 Å². The molecule has 0 aliphatic heterocycles. The summed E-state index contributed by atoms with van der Waals surface area (Å²) >= 11 is 0. The summed E-state index contributed by atoms with van der Waals surface area (Å²) in [6.07, 6.45) is 3.84. The Kier molecular flexibility index (Phi) is 4.38. The highest BCUT2D eigenvalue weighted by molar-refractivity contribution is 4.92. The third-order valence-electron chi connectivity index (χ3n) is 3.64. The molecule has 2 atom stereocenters. The van der Waals surface area contributed by atoms with Crippen molar-refractivity contribution in [2.24, 2.45) is 5.41 Å². The van der Waals surface area contributed by atoms with Gasteiger partial charge in [-0.1, -0.05) is 20.3 Å². The number of hydrogen-bond acceptors (Lipinski definition) is 3. The van der Waals surface area contributed by atoms with Crippen LogP contribution in [0, 0.1) is 5.41 Å². The van der Waals surface area contributed by atoms with E-state index in [1.54, 1.807) is 0 Å². The maximum atomic E-state index is 10.2. The molecule has 0 spiro atoms. The summed E-state index contributed by atoms with van der Waals surface area (Å²) in [6, 6.07) is 0.557. The molecule has 1 fully saturated rings. The van der Waals surface area contributed by atoms with Gasteiger partial charge in [0.1, 0.15) is 0 Å². The lowest BCUT2D eigenvalue weighted by Gasteiger charge is -2.33. The van der Waals surface area contributed by atoms with Gasteiger partial charge in [-0.05, 0) is 39.3 Å². The van der Waals surface area contributed by atoms with Crippen LogP contribution in [0.5, 0.6) is 0 Å². The number of likely N-dealkylation sites (N-methyl/N-ethyl adjacent to an activating group) is 1. The molecule has 0 heterocycles. The molecule has 0 aromatic rings. The molecule has 16 heavy (non-hydrogen) atoms. The predicted molar refractivity (Wildman–Crippen MR) is 68.6 cm³/mol. The smallest absolute Gasteiger partial charge is 0.0869 e. The summed E-state index contributed by atoms with van der Waals surface area (Å²) in [5, 5.41) is 13.8. The largest absolute Gasteiger partial charge is 0.388 e. The van der Waals surface area contributed by atoms with Crippen molar-refractivity contribution < 1.29 is 5.11 Å². The van der Waals surface area contributed by atoms with Crippen LogP contribution in [0.25, 0.3) is 0 Å². The average Bonchev–Trinajstić information content (AvgIpc) is 2.39. The first kappa shape index (κ1) is 13.9. The molecule has 1 rings (SSSR count). The molecule has 1 aliphatic rings. The van der Waals surface area contributed by atoms with Gasteiger partial charge >= 0.3 is 0 Å². The van der Waals surface area contributed by atoms with E-state index in [9.17, 15) is 5.11 Å². The Balaban J connectivity index is 2.39. The number of nitrogens with zero attached hydrogens (tertiary/aromatic N) is 1. The molecule has 96 valence electrons. The van der Waals surface area contributed by atoms with Crippen molar-refractivity contribution in [1.29, 1.82) is 0 Å². The van der Waals surface area contributed by atoms with E-state index in [2.05, 4.69) is 19.2 Å². The fraction of sp³-hybridized carbons (Fsp3) is 1.00. The monoisotopic (exact) mass is 228 g/mol. The summed E-state index contributed by atoms with van der Waals surface area (Å²) in [5.41, 5.74) is -0.254. The van der Waals surface area contributed by atoms with Crippen molar-refractivity contribution in [3.8, 4) is 0 Å². The van der Waals surface area contributed by atoms with E-state index in [1.165, 1.54) is 19.3 Å². The lowest BCUT2D eigenvalue weighted by molar-refractivity contribution is 0.0282. The molecule has 1 saturated carbocycles. The molecule has 0 aromatic carbocycles. The van der Waals surface area contributed by atoms with Gasteiger partial charge in [0.05, 0.1) is 5.60 Å². The summed E-state index contributed by atoms with van der Waals surface area (Å²) in [5.74, 6) is 0. The van der Waals surface area contributed by atoms with E-state index >= 15 is 0 Å². The van der Waals surface area contributed by atoms with E-state index < -0.39 is 5.60 Å². The van der Waals surface area contributed by atoms with Gasteiger partial charge in [-0.2, -0.15) is 0 Å². The van der Waals surface area contributed by atoms with Crippen molar-refractivity contribution in [3.05, 3.63) is 0 Å². The Hall–Kier alpha value is -0.120.